The van der Waals surface area contributed by atoms with E-state index in [1.165, 1.54) is 16.7 Å². The molecule has 0 aliphatic carbocycles. The van der Waals surface area contributed by atoms with Gasteiger partial charge in [0.1, 0.15) is 5.75 Å². The number of nitrogens with zero attached hydrogens (tertiary/aromatic N) is 2. The normalized spacial score (nSPS) is 13.6. The summed E-state index contributed by atoms with van der Waals surface area (Å²) in [5.41, 5.74) is 1.89. The van der Waals surface area contributed by atoms with Gasteiger partial charge >= 0.3 is 0 Å². The van der Waals surface area contributed by atoms with Gasteiger partial charge in [0.25, 0.3) is 11.8 Å². The van der Waals surface area contributed by atoms with E-state index in [0.29, 0.717) is 33.0 Å². The molecule has 0 saturated heterocycles. The fraction of sp³-hybridized carbons (Fsp3) is 0.115. The Morgan fingerprint density at radius 1 is 0.875 bits per heavy atom. The predicted octanol–water partition coefficient (Wildman–Crippen LogP) is 5.42. The Labute approximate surface area is 190 Å². The number of hydrogen-bond acceptors (Lipinski definition) is 5. The number of rotatable bonds is 6. The van der Waals surface area contributed by atoms with Crippen LogP contribution in [0.3, 0.4) is 0 Å². The number of carbonyl (C=O) groups excluding carboxylic acids is 2. The third-order valence-electron chi connectivity index (χ3n) is 4.77. The molecule has 2 amide bonds. The Hall–Kier alpha value is -3.82. The third kappa shape index (κ3) is 4.29. The molecule has 1 aliphatic heterocycles. The van der Waals surface area contributed by atoms with E-state index in [1.807, 2.05) is 50.2 Å². The molecule has 0 fully saturated rings. The lowest BCUT2D eigenvalue weighted by Crippen LogP contribution is -2.31. The number of hydrogen-bond donors (Lipinski definition) is 0. The molecule has 0 N–H and O–H groups in total. The molecule has 1 heterocycles. The van der Waals surface area contributed by atoms with Crippen molar-refractivity contribution in [1.29, 1.82) is 5.26 Å². The maximum Gasteiger partial charge on any atom is 0.272 e. The SMILES string of the molecule is CC(C)Oc1ccc(C2=C(Sc3ccccc3)C(=O)N(c3ccc(C#N)cc3)C2=O)cc1. The van der Waals surface area contributed by atoms with Crippen molar-refractivity contribution in [1.82, 2.24) is 0 Å². The van der Waals surface area contributed by atoms with Gasteiger partial charge in [0.15, 0.2) is 0 Å². The molecule has 3 aromatic carbocycles. The average molecular weight is 441 g/mol. The summed E-state index contributed by atoms with van der Waals surface area (Å²) < 4.78 is 5.70. The molecule has 0 atom stereocenters. The Morgan fingerprint density at radius 3 is 2.12 bits per heavy atom. The van der Waals surface area contributed by atoms with Crippen molar-refractivity contribution in [2.24, 2.45) is 0 Å². The number of carbonyl (C=O) groups is 2. The van der Waals surface area contributed by atoms with E-state index in [0.717, 1.165) is 4.90 Å². The summed E-state index contributed by atoms with van der Waals surface area (Å²) in [6.45, 7) is 3.89. The minimum atomic E-state index is -0.393. The van der Waals surface area contributed by atoms with E-state index in [-0.39, 0.29) is 12.0 Å². The van der Waals surface area contributed by atoms with E-state index >= 15 is 0 Å². The van der Waals surface area contributed by atoms with Crippen LogP contribution in [0, 0.1) is 11.3 Å². The number of thioether (sulfide) groups is 1. The molecule has 6 heteroatoms. The molecule has 0 spiro atoms. The Kier molecular flexibility index (Phi) is 6.11. The summed E-state index contributed by atoms with van der Waals surface area (Å²) >= 11 is 1.27. The van der Waals surface area contributed by atoms with Crippen LogP contribution in [0.25, 0.3) is 5.57 Å². The Morgan fingerprint density at radius 2 is 1.53 bits per heavy atom. The molecule has 0 bridgehead atoms. The minimum absolute atomic E-state index is 0.0332. The zero-order valence-electron chi connectivity index (χ0n) is 17.6. The predicted molar refractivity (Wildman–Crippen MR) is 125 cm³/mol. The summed E-state index contributed by atoms with van der Waals surface area (Å²) in [6.07, 6.45) is 0.0332. The lowest BCUT2D eigenvalue weighted by molar-refractivity contribution is -0.119. The van der Waals surface area contributed by atoms with Crippen LogP contribution in [0.1, 0.15) is 25.0 Å². The Bertz CT molecular complexity index is 1220. The van der Waals surface area contributed by atoms with Gasteiger partial charge in [0.05, 0.1) is 33.9 Å². The smallest absolute Gasteiger partial charge is 0.272 e. The Balaban J connectivity index is 1.76. The first-order valence-corrected chi connectivity index (χ1v) is 10.9. The van der Waals surface area contributed by atoms with Crippen molar-refractivity contribution in [3.05, 3.63) is 94.9 Å². The van der Waals surface area contributed by atoms with Gasteiger partial charge in [-0.25, -0.2) is 4.90 Å². The quantitative estimate of drug-likeness (QED) is 0.479. The van der Waals surface area contributed by atoms with Crippen LogP contribution in [0.5, 0.6) is 5.75 Å². The highest BCUT2D eigenvalue weighted by molar-refractivity contribution is 8.04. The molecule has 32 heavy (non-hydrogen) atoms. The van der Waals surface area contributed by atoms with Gasteiger partial charge in [0.2, 0.25) is 0 Å². The van der Waals surface area contributed by atoms with Crippen LogP contribution < -0.4 is 9.64 Å². The van der Waals surface area contributed by atoms with E-state index in [4.69, 9.17) is 10.00 Å². The van der Waals surface area contributed by atoms with Gasteiger partial charge in [0, 0.05) is 4.90 Å². The minimum Gasteiger partial charge on any atom is -0.491 e. The molecule has 4 rings (SSSR count). The highest BCUT2D eigenvalue weighted by Gasteiger charge is 2.40. The highest BCUT2D eigenvalue weighted by Crippen LogP contribution is 2.41. The van der Waals surface area contributed by atoms with Gasteiger partial charge < -0.3 is 4.74 Å². The van der Waals surface area contributed by atoms with Crippen LogP contribution in [-0.2, 0) is 9.59 Å². The zero-order valence-corrected chi connectivity index (χ0v) is 18.4. The van der Waals surface area contributed by atoms with Gasteiger partial charge in [-0.1, -0.05) is 42.1 Å². The van der Waals surface area contributed by atoms with Gasteiger partial charge in [-0.3, -0.25) is 9.59 Å². The summed E-state index contributed by atoms with van der Waals surface area (Å²) in [5.74, 6) is -0.0796. The maximum absolute atomic E-state index is 13.5. The van der Waals surface area contributed by atoms with Gasteiger partial charge in [-0.2, -0.15) is 5.26 Å². The van der Waals surface area contributed by atoms with Gasteiger partial charge in [-0.15, -0.1) is 0 Å². The summed E-state index contributed by atoms with van der Waals surface area (Å²) in [4.78, 5) is 29.3. The van der Waals surface area contributed by atoms with E-state index in [9.17, 15) is 9.59 Å². The van der Waals surface area contributed by atoms with Crippen molar-refractivity contribution in [2.75, 3.05) is 4.90 Å². The standard InChI is InChI=1S/C26H20N2O3S/c1-17(2)31-21-14-10-19(11-15-21)23-24(32-22-6-4-3-5-7-22)26(30)28(25(23)29)20-12-8-18(16-27)9-13-20/h3-15,17H,1-2H3. The fourth-order valence-corrected chi connectivity index (χ4v) is 4.37. The first-order chi connectivity index (χ1) is 15.5. The second-order valence-corrected chi connectivity index (χ2v) is 8.50. The molecule has 1 aliphatic rings. The molecule has 158 valence electrons. The molecular weight excluding hydrogens is 420 g/mol. The van der Waals surface area contributed by atoms with Crippen LogP contribution in [0.2, 0.25) is 0 Å². The largest absolute Gasteiger partial charge is 0.491 e. The van der Waals surface area contributed by atoms with Crippen LogP contribution in [0.4, 0.5) is 5.69 Å². The third-order valence-corrected chi connectivity index (χ3v) is 5.86. The molecule has 0 radical (unpaired) electrons. The van der Waals surface area contributed by atoms with Crippen LogP contribution in [-0.4, -0.2) is 17.9 Å². The summed E-state index contributed by atoms with van der Waals surface area (Å²) in [5, 5.41) is 9.05. The molecule has 3 aromatic rings. The van der Waals surface area contributed by atoms with E-state index < -0.39 is 5.91 Å². The molecular formula is C26H20N2O3S. The number of amides is 2. The summed E-state index contributed by atoms with van der Waals surface area (Å²) in [7, 11) is 0. The van der Waals surface area contributed by atoms with Crippen LogP contribution >= 0.6 is 11.8 Å². The lowest BCUT2D eigenvalue weighted by atomic mass is 10.1. The first kappa shape index (κ1) is 21.4. The molecule has 0 aromatic heterocycles. The number of imide groups is 1. The fourth-order valence-electron chi connectivity index (χ4n) is 3.36. The van der Waals surface area contributed by atoms with E-state index in [2.05, 4.69) is 0 Å². The van der Waals surface area contributed by atoms with Crippen LogP contribution in [0.15, 0.2) is 88.7 Å². The number of nitriles is 1. The monoisotopic (exact) mass is 440 g/mol. The van der Waals surface area contributed by atoms with Gasteiger partial charge in [-0.05, 0) is 67.9 Å². The van der Waals surface area contributed by atoms with Crippen molar-refractivity contribution in [3.63, 3.8) is 0 Å². The molecule has 0 unspecified atom stereocenters. The number of anilines is 1. The first-order valence-electron chi connectivity index (χ1n) is 10.1. The van der Waals surface area contributed by atoms with Crippen molar-refractivity contribution < 1.29 is 14.3 Å². The second-order valence-electron chi connectivity index (χ2n) is 7.41. The van der Waals surface area contributed by atoms with Crippen molar-refractivity contribution >= 4 is 34.8 Å². The molecule has 0 saturated carbocycles. The maximum atomic E-state index is 13.5. The summed E-state index contributed by atoms with van der Waals surface area (Å²) in [6, 6.07) is 25.1. The van der Waals surface area contributed by atoms with Crippen molar-refractivity contribution in [3.8, 4) is 11.8 Å². The highest BCUT2D eigenvalue weighted by atomic mass is 32.2. The molecule has 5 nitrogen and oxygen atoms in total. The number of ether oxygens (including phenoxy) is 1. The topological polar surface area (TPSA) is 70.4 Å². The number of benzene rings is 3. The van der Waals surface area contributed by atoms with E-state index in [1.54, 1.807) is 48.5 Å². The average Bonchev–Trinajstić information content (AvgIpc) is 3.04. The lowest BCUT2D eigenvalue weighted by Gasteiger charge is -2.15. The van der Waals surface area contributed by atoms with Crippen molar-refractivity contribution in [2.45, 2.75) is 24.8 Å². The zero-order chi connectivity index (χ0) is 22.7. The second kappa shape index (κ2) is 9.13.